The summed E-state index contributed by atoms with van der Waals surface area (Å²) in [5.74, 6) is -0.602. The second-order valence-electron chi connectivity index (χ2n) is 10.4. The molecule has 2 unspecified atom stereocenters. The van der Waals surface area contributed by atoms with Gasteiger partial charge in [0.25, 0.3) is 0 Å². The van der Waals surface area contributed by atoms with Crippen molar-refractivity contribution < 1.29 is 37.9 Å². The largest absolute Gasteiger partial charge is 0.472 e. The first-order valence-corrected chi connectivity index (χ1v) is 17.0. The SMILES string of the molecule is CCCCCCCCCCCCCCCCCCCCC(=O)NCCOP(=O)(O)OCC(O)COC(=O)CC. The number of carbonyl (C=O) groups excluding carboxylic acids is 2. The average Bonchev–Trinajstić information content (AvgIpc) is 2.92. The quantitative estimate of drug-likeness (QED) is 0.0491. The highest BCUT2D eigenvalue weighted by Crippen LogP contribution is 2.42. The van der Waals surface area contributed by atoms with Crippen LogP contribution in [0.4, 0.5) is 0 Å². The van der Waals surface area contributed by atoms with Gasteiger partial charge in [-0.1, -0.05) is 123 Å². The Hall–Kier alpha value is -0.990. The molecule has 39 heavy (non-hydrogen) atoms. The van der Waals surface area contributed by atoms with Crippen molar-refractivity contribution in [1.29, 1.82) is 0 Å². The third kappa shape index (κ3) is 28.3. The second-order valence-corrected chi connectivity index (χ2v) is 11.9. The zero-order valence-corrected chi connectivity index (χ0v) is 25.7. The second kappa shape index (κ2) is 27.2. The Morgan fingerprint density at radius 1 is 0.718 bits per heavy atom. The number of ether oxygens (including phenoxy) is 1. The number of esters is 1. The van der Waals surface area contributed by atoms with Crippen LogP contribution in [0.5, 0.6) is 0 Å². The van der Waals surface area contributed by atoms with Crippen molar-refractivity contribution in [2.75, 3.05) is 26.4 Å². The molecule has 0 fully saturated rings. The molecule has 0 aromatic carbocycles. The Morgan fingerprint density at radius 2 is 1.18 bits per heavy atom. The highest BCUT2D eigenvalue weighted by molar-refractivity contribution is 7.47. The van der Waals surface area contributed by atoms with E-state index in [4.69, 9.17) is 9.26 Å². The summed E-state index contributed by atoms with van der Waals surface area (Å²) in [5.41, 5.74) is 0. The van der Waals surface area contributed by atoms with Crippen LogP contribution in [0.3, 0.4) is 0 Å². The van der Waals surface area contributed by atoms with Crippen molar-refractivity contribution in [3.8, 4) is 0 Å². The van der Waals surface area contributed by atoms with Gasteiger partial charge in [0.15, 0.2) is 0 Å². The number of unbranched alkanes of at least 4 members (excludes halogenated alkanes) is 17. The van der Waals surface area contributed by atoms with Gasteiger partial charge in [-0.05, 0) is 6.42 Å². The molecule has 0 bridgehead atoms. The maximum atomic E-state index is 11.9. The van der Waals surface area contributed by atoms with Crippen molar-refractivity contribution in [2.45, 2.75) is 148 Å². The fourth-order valence-corrected chi connectivity index (χ4v) is 4.94. The lowest BCUT2D eigenvalue weighted by atomic mass is 10.0. The molecule has 0 aliphatic rings. The molecule has 2 atom stereocenters. The van der Waals surface area contributed by atoms with Crippen LogP contribution in [0.25, 0.3) is 0 Å². The molecule has 0 saturated heterocycles. The van der Waals surface area contributed by atoms with Gasteiger partial charge in [0.1, 0.15) is 12.7 Å². The van der Waals surface area contributed by atoms with E-state index >= 15 is 0 Å². The molecule has 10 heteroatoms. The number of carbonyl (C=O) groups is 2. The number of phosphoric acid groups is 1. The minimum atomic E-state index is -4.37. The van der Waals surface area contributed by atoms with E-state index in [1.54, 1.807) is 6.92 Å². The molecule has 0 aliphatic heterocycles. The van der Waals surface area contributed by atoms with Gasteiger partial charge in [0.2, 0.25) is 5.91 Å². The number of nitrogens with one attached hydrogen (secondary N) is 1. The van der Waals surface area contributed by atoms with E-state index in [1.807, 2.05) is 0 Å². The van der Waals surface area contributed by atoms with Crippen LogP contribution < -0.4 is 5.32 Å². The first-order valence-electron chi connectivity index (χ1n) is 15.5. The maximum absolute atomic E-state index is 11.9. The molecule has 0 saturated carbocycles. The minimum absolute atomic E-state index is 0.0858. The normalized spacial score (nSPS) is 13.6. The van der Waals surface area contributed by atoms with Crippen LogP contribution in [0.2, 0.25) is 0 Å². The molecule has 0 radical (unpaired) electrons. The van der Waals surface area contributed by atoms with Gasteiger partial charge >= 0.3 is 13.8 Å². The summed E-state index contributed by atoms with van der Waals surface area (Å²) in [5, 5.41) is 12.3. The summed E-state index contributed by atoms with van der Waals surface area (Å²) >= 11 is 0. The van der Waals surface area contributed by atoms with Crippen molar-refractivity contribution >= 4 is 19.7 Å². The summed E-state index contributed by atoms with van der Waals surface area (Å²) in [6.45, 7) is 2.92. The number of aliphatic hydroxyl groups is 1. The smallest absolute Gasteiger partial charge is 0.463 e. The molecule has 0 rings (SSSR count). The molecule has 1 amide bonds. The summed E-state index contributed by atoms with van der Waals surface area (Å²) in [6, 6.07) is 0. The predicted molar refractivity (Wildman–Crippen MR) is 155 cm³/mol. The van der Waals surface area contributed by atoms with Gasteiger partial charge in [-0.15, -0.1) is 0 Å². The summed E-state index contributed by atoms with van der Waals surface area (Å²) in [4.78, 5) is 32.5. The van der Waals surface area contributed by atoms with E-state index in [-0.39, 0.29) is 32.1 Å². The molecule has 0 heterocycles. The van der Waals surface area contributed by atoms with Crippen LogP contribution in [0, 0.1) is 0 Å². The summed E-state index contributed by atoms with van der Waals surface area (Å²) in [7, 11) is -4.37. The topological polar surface area (TPSA) is 131 Å². The zero-order chi connectivity index (χ0) is 29.0. The van der Waals surface area contributed by atoms with Gasteiger partial charge in [0, 0.05) is 19.4 Å². The zero-order valence-electron chi connectivity index (χ0n) is 24.8. The van der Waals surface area contributed by atoms with E-state index in [0.717, 1.165) is 19.3 Å². The molecule has 9 nitrogen and oxygen atoms in total. The first-order chi connectivity index (χ1) is 18.8. The van der Waals surface area contributed by atoms with E-state index in [0.29, 0.717) is 6.42 Å². The van der Waals surface area contributed by atoms with Crippen LogP contribution >= 0.6 is 7.82 Å². The molecule has 0 aromatic heterocycles. The van der Waals surface area contributed by atoms with Crippen molar-refractivity contribution in [3.05, 3.63) is 0 Å². The van der Waals surface area contributed by atoms with Gasteiger partial charge < -0.3 is 20.1 Å². The number of phosphoric ester groups is 1. The van der Waals surface area contributed by atoms with Crippen LogP contribution in [-0.4, -0.2) is 54.3 Å². The Bertz CT molecular complexity index is 634. The lowest BCUT2D eigenvalue weighted by molar-refractivity contribution is -0.146. The fourth-order valence-electron chi connectivity index (χ4n) is 4.18. The number of hydrogen-bond donors (Lipinski definition) is 3. The lowest BCUT2D eigenvalue weighted by Crippen LogP contribution is -2.27. The van der Waals surface area contributed by atoms with Crippen LogP contribution in [0.1, 0.15) is 142 Å². The third-order valence-corrected chi connectivity index (χ3v) is 7.58. The minimum Gasteiger partial charge on any atom is -0.463 e. The van der Waals surface area contributed by atoms with E-state index < -0.39 is 26.5 Å². The summed E-state index contributed by atoms with van der Waals surface area (Å²) in [6.07, 6.45) is 22.8. The summed E-state index contributed by atoms with van der Waals surface area (Å²) < 4.78 is 25.9. The van der Waals surface area contributed by atoms with Crippen LogP contribution in [0.15, 0.2) is 0 Å². The van der Waals surface area contributed by atoms with Gasteiger partial charge in [-0.3, -0.25) is 18.6 Å². The molecule has 232 valence electrons. The molecular weight excluding hydrogens is 521 g/mol. The monoisotopic (exact) mass is 579 g/mol. The Balaban J connectivity index is 3.44. The Morgan fingerprint density at radius 3 is 1.64 bits per heavy atom. The predicted octanol–water partition coefficient (Wildman–Crippen LogP) is 6.98. The molecule has 0 aliphatic carbocycles. The molecule has 0 spiro atoms. The third-order valence-electron chi connectivity index (χ3n) is 6.59. The van der Waals surface area contributed by atoms with Gasteiger partial charge in [0.05, 0.1) is 13.2 Å². The van der Waals surface area contributed by atoms with E-state index in [2.05, 4.69) is 16.8 Å². The van der Waals surface area contributed by atoms with Crippen molar-refractivity contribution in [1.82, 2.24) is 5.32 Å². The molecular formula is C29H58NO8P. The Labute approximate surface area is 237 Å². The Kier molecular flexibility index (Phi) is 26.5. The first kappa shape index (κ1) is 38.0. The van der Waals surface area contributed by atoms with Crippen molar-refractivity contribution in [3.63, 3.8) is 0 Å². The number of aliphatic hydroxyl groups excluding tert-OH is 1. The number of amides is 1. The standard InChI is InChI=1S/C29H58NO8P/c1-3-5-6-7-8-9-10-11-12-13-14-15-16-17-18-19-20-21-22-28(32)30-23-24-37-39(34,35)38-26-27(31)25-36-29(33)4-2/h27,31H,3-26H2,1-2H3,(H,30,32)(H,34,35). The molecule has 3 N–H and O–H groups in total. The molecule has 0 aromatic rings. The lowest BCUT2D eigenvalue weighted by Gasteiger charge is -2.15. The van der Waals surface area contributed by atoms with E-state index in [1.165, 1.54) is 96.3 Å². The highest BCUT2D eigenvalue weighted by Gasteiger charge is 2.23. The van der Waals surface area contributed by atoms with Crippen LogP contribution in [-0.2, 0) is 27.9 Å². The average molecular weight is 580 g/mol. The van der Waals surface area contributed by atoms with Gasteiger partial charge in [-0.25, -0.2) is 4.57 Å². The fraction of sp³-hybridized carbons (Fsp3) is 0.931. The highest BCUT2D eigenvalue weighted by atomic mass is 31.2. The maximum Gasteiger partial charge on any atom is 0.472 e. The van der Waals surface area contributed by atoms with E-state index in [9.17, 15) is 24.2 Å². The van der Waals surface area contributed by atoms with Gasteiger partial charge in [-0.2, -0.15) is 0 Å². The van der Waals surface area contributed by atoms with Crippen molar-refractivity contribution in [2.24, 2.45) is 0 Å². The number of rotatable bonds is 29. The number of hydrogen-bond acceptors (Lipinski definition) is 7.